The minimum atomic E-state index is -0.767. The van der Waals surface area contributed by atoms with Gasteiger partial charge in [-0.2, -0.15) is 0 Å². The molecule has 31 heavy (non-hydrogen) atoms. The zero-order valence-electron chi connectivity index (χ0n) is 18.3. The summed E-state index contributed by atoms with van der Waals surface area (Å²) in [7, 11) is 1.58. The van der Waals surface area contributed by atoms with Crippen LogP contribution in [-0.2, 0) is 9.59 Å². The number of likely N-dealkylation sites (tertiary alicyclic amines) is 1. The van der Waals surface area contributed by atoms with Crippen molar-refractivity contribution in [3.63, 3.8) is 0 Å². The van der Waals surface area contributed by atoms with Crippen molar-refractivity contribution in [2.45, 2.75) is 45.6 Å². The summed E-state index contributed by atoms with van der Waals surface area (Å²) in [6, 6.07) is 10.1. The van der Waals surface area contributed by atoms with Crippen molar-refractivity contribution in [2.75, 3.05) is 13.7 Å². The van der Waals surface area contributed by atoms with E-state index < -0.39 is 23.5 Å². The summed E-state index contributed by atoms with van der Waals surface area (Å²) in [6.07, 6.45) is 1.56. The molecule has 1 unspecified atom stereocenters. The third-order valence-corrected chi connectivity index (χ3v) is 5.60. The van der Waals surface area contributed by atoms with E-state index in [-0.39, 0.29) is 17.3 Å². The molecule has 1 heterocycles. The second kappa shape index (κ2) is 9.33. The van der Waals surface area contributed by atoms with Gasteiger partial charge in [-0.25, -0.2) is 4.39 Å². The number of aliphatic hydroxyl groups excluding tert-OH is 1. The molecule has 0 spiro atoms. The normalized spacial score (nSPS) is 18.1. The van der Waals surface area contributed by atoms with Gasteiger partial charge in [0.05, 0.1) is 18.7 Å². The molecule has 3 rings (SSSR count). The Bertz CT molecular complexity index is 1010. The molecule has 5 nitrogen and oxygen atoms in total. The van der Waals surface area contributed by atoms with Crippen molar-refractivity contribution < 1.29 is 23.8 Å². The number of carbonyl (C=O) groups excluding carboxylic acids is 2. The third-order valence-electron chi connectivity index (χ3n) is 5.60. The van der Waals surface area contributed by atoms with Crippen LogP contribution in [0, 0.1) is 5.82 Å². The Labute approximate surface area is 182 Å². The van der Waals surface area contributed by atoms with Crippen LogP contribution in [0.25, 0.3) is 5.76 Å². The van der Waals surface area contributed by atoms with E-state index in [1.807, 2.05) is 20.8 Å². The first-order valence-corrected chi connectivity index (χ1v) is 10.5. The molecule has 6 heteroatoms. The highest BCUT2D eigenvalue weighted by molar-refractivity contribution is 6.46. The summed E-state index contributed by atoms with van der Waals surface area (Å²) in [4.78, 5) is 27.3. The maximum absolute atomic E-state index is 13.5. The Kier molecular flexibility index (Phi) is 6.78. The number of halogens is 1. The molecular formula is C25H28FNO4. The number of carbonyl (C=O) groups is 2. The highest BCUT2D eigenvalue weighted by Gasteiger charge is 2.45. The van der Waals surface area contributed by atoms with Crippen LogP contribution in [0.4, 0.5) is 4.39 Å². The SMILES string of the molecule is CCCCN1C(=O)C(=O)/C(=C(\O)c2ccc(OC)c(C(C)C)c2)C1c1ccc(F)cc1. The van der Waals surface area contributed by atoms with Crippen molar-refractivity contribution in [1.29, 1.82) is 0 Å². The Hall–Kier alpha value is -3.15. The summed E-state index contributed by atoms with van der Waals surface area (Å²) in [6.45, 7) is 6.38. The fourth-order valence-corrected chi connectivity index (χ4v) is 3.92. The number of benzene rings is 2. The summed E-state index contributed by atoms with van der Waals surface area (Å²) < 4.78 is 18.9. The Morgan fingerprint density at radius 2 is 1.84 bits per heavy atom. The van der Waals surface area contributed by atoms with E-state index in [9.17, 15) is 19.1 Å². The summed E-state index contributed by atoms with van der Waals surface area (Å²) in [5.41, 5.74) is 1.92. The molecule has 164 valence electrons. The monoisotopic (exact) mass is 425 g/mol. The Balaban J connectivity index is 2.18. The molecule has 1 fully saturated rings. The second-order valence-corrected chi connectivity index (χ2v) is 8.01. The average molecular weight is 426 g/mol. The minimum absolute atomic E-state index is 0.0209. The molecule has 0 radical (unpaired) electrons. The number of methoxy groups -OCH3 is 1. The van der Waals surface area contributed by atoms with Crippen LogP contribution in [0.3, 0.4) is 0 Å². The summed E-state index contributed by atoms with van der Waals surface area (Å²) in [5.74, 6) is -1.22. The molecule has 0 aliphatic carbocycles. The van der Waals surface area contributed by atoms with E-state index in [2.05, 4.69) is 0 Å². The van der Waals surface area contributed by atoms with E-state index in [1.54, 1.807) is 37.4 Å². The smallest absolute Gasteiger partial charge is 0.295 e. The number of ketones is 1. The molecule has 1 N–H and O–H groups in total. The van der Waals surface area contributed by atoms with E-state index in [4.69, 9.17) is 4.74 Å². The van der Waals surface area contributed by atoms with E-state index in [1.165, 1.54) is 17.0 Å². The van der Waals surface area contributed by atoms with Gasteiger partial charge in [0.2, 0.25) is 0 Å². The van der Waals surface area contributed by atoms with Gasteiger partial charge >= 0.3 is 0 Å². The van der Waals surface area contributed by atoms with Crippen LogP contribution in [0.15, 0.2) is 48.0 Å². The van der Waals surface area contributed by atoms with Gasteiger partial charge in [-0.3, -0.25) is 9.59 Å². The maximum atomic E-state index is 13.5. The molecule has 2 aromatic rings. The fourth-order valence-electron chi connectivity index (χ4n) is 3.92. The predicted molar refractivity (Wildman–Crippen MR) is 117 cm³/mol. The zero-order valence-corrected chi connectivity index (χ0v) is 18.3. The molecule has 0 bridgehead atoms. The number of hydrogen-bond acceptors (Lipinski definition) is 4. The number of aliphatic hydroxyl groups is 1. The first kappa shape index (κ1) is 22.5. The molecule has 1 amide bonds. The summed E-state index contributed by atoms with van der Waals surface area (Å²) >= 11 is 0. The number of ether oxygens (including phenoxy) is 1. The van der Waals surface area contributed by atoms with E-state index in [0.717, 1.165) is 12.0 Å². The molecule has 0 saturated carbocycles. The molecule has 1 atom stereocenters. The van der Waals surface area contributed by atoms with Gasteiger partial charge in [0.25, 0.3) is 11.7 Å². The van der Waals surface area contributed by atoms with Crippen molar-refractivity contribution in [3.8, 4) is 5.75 Å². The van der Waals surface area contributed by atoms with Gasteiger partial charge in [-0.05, 0) is 53.8 Å². The lowest BCUT2D eigenvalue weighted by molar-refractivity contribution is -0.139. The number of amides is 1. The molecule has 1 saturated heterocycles. The molecular weight excluding hydrogens is 397 g/mol. The lowest BCUT2D eigenvalue weighted by Gasteiger charge is -2.25. The third kappa shape index (κ3) is 4.33. The quantitative estimate of drug-likeness (QED) is 0.377. The van der Waals surface area contributed by atoms with Crippen LogP contribution in [0.1, 0.15) is 62.3 Å². The zero-order chi connectivity index (χ0) is 22.7. The first-order chi connectivity index (χ1) is 14.8. The molecule has 1 aliphatic rings. The average Bonchev–Trinajstić information content (AvgIpc) is 3.01. The fraction of sp³-hybridized carbons (Fsp3) is 0.360. The lowest BCUT2D eigenvalue weighted by Crippen LogP contribution is -2.30. The van der Waals surface area contributed by atoms with Gasteiger partial charge in [0.1, 0.15) is 17.3 Å². The Morgan fingerprint density at radius 1 is 1.16 bits per heavy atom. The van der Waals surface area contributed by atoms with Gasteiger partial charge in [0.15, 0.2) is 0 Å². The van der Waals surface area contributed by atoms with E-state index in [0.29, 0.717) is 29.8 Å². The number of hydrogen-bond donors (Lipinski definition) is 1. The molecule has 1 aliphatic heterocycles. The second-order valence-electron chi connectivity index (χ2n) is 8.01. The van der Waals surface area contributed by atoms with Crippen molar-refractivity contribution in [2.24, 2.45) is 0 Å². The van der Waals surface area contributed by atoms with Crippen molar-refractivity contribution in [1.82, 2.24) is 4.90 Å². The predicted octanol–water partition coefficient (Wildman–Crippen LogP) is 5.18. The van der Waals surface area contributed by atoms with Crippen LogP contribution in [0.5, 0.6) is 5.75 Å². The Morgan fingerprint density at radius 3 is 2.42 bits per heavy atom. The van der Waals surface area contributed by atoms with Gasteiger partial charge < -0.3 is 14.7 Å². The summed E-state index contributed by atoms with van der Waals surface area (Å²) in [5, 5.41) is 11.2. The lowest BCUT2D eigenvalue weighted by atomic mass is 9.93. The van der Waals surface area contributed by atoms with Gasteiger partial charge in [-0.15, -0.1) is 0 Å². The number of rotatable bonds is 7. The largest absolute Gasteiger partial charge is 0.507 e. The number of Topliss-reactive ketones (excluding diaryl/α,β-unsaturated/α-hetero) is 1. The van der Waals surface area contributed by atoms with Crippen LogP contribution in [-0.4, -0.2) is 35.4 Å². The molecule has 2 aromatic carbocycles. The van der Waals surface area contributed by atoms with Crippen LogP contribution < -0.4 is 4.74 Å². The van der Waals surface area contributed by atoms with Crippen molar-refractivity contribution >= 4 is 17.4 Å². The minimum Gasteiger partial charge on any atom is -0.507 e. The van der Waals surface area contributed by atoms with Crippen LogP contribution in [0.2, 0.25) is 0 Å². The maximum Gasteiger partial charge on any atom is 0.295 e. The van der Waals surface area contributed by atoms with Gasteiger partial charge in [0, 0.05) is 12.1 Å². The number of unbranched alkanes of at least 4 members (excludes halogenated alkanes) is 1. The first-order valence-electron chi connectivity index (χ1n) is 10.5. The van der Waals surface area contributed by atoms with Gasteiger partial charge in [-0.1, -0.05) is 39.3 Å². The highest BCUT2D eigenvalue weighted by Crippen LogP contribution is 2.40. The number of nitrogens with zero attached hydrogens (tertiary/aromatic N) is 1. The molecule has 0 aromatic heterocycles. The van der Waals surface area contributed by atoms with Crippen molar-refractivity contribution in [3.05, 3.63) is 70.5 Å². The standard InChI is InChI=1S/C25H28FNO4/c1-5-6-13-27-22(16-7-10-18(26)11-8-16)21(24(29)25(27)30)23(28)17-9-12-20(31-4)19(14-17)15(2)3/h7-12,14-15,22,28H,5-6,13H2,1-4H3/b23-21-. The van der Waals surface area contributed by atoms with E-state index >= 15 is 0 Å². The highest BCUT2D eigenvalue weighted by atomic mass is 19.1. The van der Waals surface area contributed by atoms with Crippen LogP contribution >= 0.6 is 0 Å². The topological polar surface area (TPSA) is 66.8 Å².